The maximum absolute atomic E-state index is 13.8. The van der Waals surface area contributed by atoms with Crippen molar-refractivity contribution in [2.75, 3.05) is 0 Å². The lowest BCUT2D eigenvalue weighted by molar-refractivity contribution is 0.0697. The van der Waals surface area contributed by atoms with Gasteiger partial charge in [-0.25, -0.2) is 9.18 Å². The van der Waals surface area contributed by atoms with Gasteiger partial charge in [-0.1, -0.05) is 6.07 Å². The number of alkyl halides is 1. The van der Waals surface area contributed by atoms with E-state index in [0.29, 0.717) is 5.56 Å². The van der Waals surface area contributed by atoms with Crippen LogP contribution in [0, 0.1) is 0 Å². The Bertz CT molecular complexity index is 552. The van der Waals surface area contributed by atoms with Crippen molar-refractivity contribution in [1.82, 2.24) is 0 Å². The Labute approximate surface area is 96.3 Å². The summed E-state index contributed by atoms with van der Waals surface area (Å²) in [4.78, 5) is 10.8. The Morgan fingerprint density at radius 1 is 1.44 bits per heavy atom. The van der Waals surface area contributed by atoms with E-state index in [-0.39, 0.29) is 5.56 Å². The Hall–Kier alpha value is -1.42. The molecule has 2 nitrogen and oxygen atoms in total. The molecule has 0 aliphatic rings. The molecule has 0 saturated heterocycles. The zero-order valence-electron chi connectivity index (χ0n) is 8.95. The maximum atomic E-state index is 13.8. The number of thiophene rings is 1. The fourth-order valence-corrected chi connectivity index (χ4v) is 2.77. The van der Waals surface area contributed by atoms with Crippen LogP contribution < -0.4 is 0 Å². The fraction of sp³-hybridized carbons (Fsp3) is 0.250. The van der Waals surface area contributed by atoms with E-state index >= 15 is 0 Å². The van der Waals surface area contributed by atoms with Crippen LogP contribution in [0.1, 0.15) is 29.8 Å². The molecular weight excluding hydrogens is 227 g/mol. The third-order valence-corrected chi connectivity index (χ3v) is 3.41. The molecule has 0 atom stereocenters. The minimum Gasteiger partial charge on any atom is -0.478 e. The highest BCUT2D eigenvalue weighted by atomic mass is 32.1. The van der Waals surface area contributed by atoms with Crippen LogP contribution in [0.3, 0.4) is 0 Å². The molecule has 1 N–H and O–H groups in total. The van der Waals surface area contributed by atoms with E-state index in [9.17, 15) is 9.18 Å². The number of carboxylic acid groups (broad SMARTS) is 1. The van der Waals surface area contributed by atoms with E-state index in [2.05, 4.69) is 0 Å². The van der Waals surface area contributed by atoms with Crippen LogP contribution >= 0.6 is 11.3 Å². The fourth-order valence-electron chi connectivity index (χ4n) is 1.62. The van der Waals surface area contributed by atoms with Gasteiger partial charge in [0.1, 0.15) is 5.67 Å². The van der Waals surface area contributed by atoms with Gasteiger partial charge in [-0.15, -0.1) is 11.3 Å². The van der Waals surface area contributed by atoms with Gasteiger partial charge in [0.25, 0.3) is 0 Å². The average molecular weight is 238 g/mol. The highest BCUT2D eigenvalue weighted by Gasteiger charge is 2.23. The summed E-state index contributed by atoms with van der Waals surface area (Å²) < 4.78 is 14.6. The van der Waals surface area contributed by atoms with Gasteiger partial charge in [-0.3, -0.25) is 0 Å². The van der Waals surface area contributed by atoms with Crippen LogP contribution in [0.15, 0.2) is 23.6 Å². The minimum atomic E-state index is -1.40. The van der Waals surface area contributed by atoms with Crippen molar-refractivity contribution in [3.8, 4) is 0 Å². The molecule has 0 unspecified atom stereocenters. The molecule has 0 aliphatic heterocycles. The number of carboxylic acids is 1. The van der Waals surface area contributed by atoms with Gasteiger partial charge in [-0.05, 0) is 36.7 Å². The van der Waals surface area contributed by atoms with E-state index in [4.69, 9.17) is 5.11 Å². The summed E-state index contributed by atoms with van der Waals surface area (Å²) in [5, 5.41) is 11.4. The van der Waals surface area contributed by atoms with Crippen LogP contribution in [-0.4, -0.2) is 11.1 Å². The monoisotopic (exact) mass is 238 g/mol. The first-order valence-electron chi connectivity index (χ1n) is 4.83. The molecule has 4 heteroatoms. The number of rotatable bonds is 2. The first-order valence-corrected chi connectivity index (χ1v) is 5.71. The van der Waals surface area contributed by atoms with Crippen molar-refractivity contribution in [2.24, 2.45) is 0 Å². The zero-order chi connectivity index (χ0) is 11.9. The summed E-state index contributed by atoms with van der Waals surface area (Å²) in [6, 6.07) is 4.76. The number of carbonyl (C=O) groups is 1. The number of hydrogen-bond donors (Lipinski definition) is 1. The number of fused-ring (bicyclic) bond motifs is 1. The Kier molecular flexibility index (Phi) is 2.46. The average Bonchev–Trinajstić information content (AvgIpc) is 2.58. The Morgan fingerprint density at radius 2 is 2.12 bits per heavy atom. The molecule has 2 rings (SSSR count). The molecule has 16 heavy (non-hydrogen) atoms. The lowest BCUT2D eigenvalue weighted by atomic mass is 9.99. The van der Waals surface area contributed by atoms with Gasteiger partial charge >= 0.3 is 5.97 Å². The topological polar surface area (TPSA) is 37.3 Å². The summed E-state index contributed by atoms with van der Waals surface area (Å²) in [7, 11) is 0. The largest absolute Gasteiger partial charge is 0.478 e. The number of halogens is 1. The molecule has 0 amide bonds. The van der Waals surface area contributed by atoms with Crippen LogP contribution in [0.5, 0.6) is 0 Å². The van der Waals surface area contributed by atoms with Crippen LogP contribution in [-0.2, 0) is 5.67 Å². The standard InChI is InChI=1S/C12H11FO2S/c1-12(2,13)9-6-16-10-5-7(11(14)15)3-4-8(9)10/h3-6H,1-2H3,(H,14,15). The Balaban J connectivity index is 2.64. The normalized spacial score (nSPS) is 11.9. The number of benzene rings is 1. The SMILES string of the molecule is CC(C)(F)c1csc2cc(C(=O)O)ccc12. The summed E-state index contributed by atoms with van der Waals surface area (Å²) in [5.41, 5.74) is -0.551. The summed E-state index contributed by atoms with van der Waals surface area (Å²) in [5.74, 6) is -0.962. The molecule has 0 spiro atoms. The van der Waals surface area contributed by atoms with Crippen molar-refractivity contribution in [3.05, 3.63) is 34.7 Å². The first-order chi connectivity index (χ1) is 7.39. The molecule has 0 saturated carbocycles. The second kappa shape index (κ2) is 3.56. The smallest absolute Gasteiger partial charge is 0.335 e. The molecule has 0 aliphatic carbocycles. The summed E-state index contributed by atoms with van der Waals surface area (Å²) >= 11 is 1.37. The lowest BCUT2D eigenvalue weighted by Gasteiger charge is -2.12. The number of hydrogen-bond acceptors (Lipinski definition) is 2. The van der Waals surface area contributed by atoms with E-state index in [1.165, 1.54) is 31.3 Å². The van der Waals surface area contributed by atoms with E-state index in [1.807, 2.05) is 0 Å². The third-order valence-electron chi connectivity index (χ3n) is 2.46. The highest BCUT2D eigenvalue weighted by molar-refractivity contribution is 7.17. The van der Waals surface area contributed by atoms with Gasteiger partial charge in [0.2, 0.25) is 0 Å². The van der Waals surface area contributed by atoms with Crippen molar-refractivity contribution in [1.29, 1.82) is 0 Å². The maximum Gasteiger partial charge on any atom is 0.335 e. The van der Waals surface area contributed by atoms with E-state index in [1.54, 1.807) is 17.5 Å². The first kappa shape index (κ1) is 11.1. The molecule has 0 radical (unpaired) electrons. The molecule has 1 aromatic carbocycles. The molecule has 2 aromatic rings. The molecule has 0 bridgehead atoms. The minimum absolute atomic E-state index is 0.234. The van der Waals surface area contributed by atoms with Crippen molar-refractivity contribution in [2.45, 2.75) is 19.5 Å². The third kappa shape index (κ3) is 1.80. The molecule has 0 fully saturated rings. The van der Waals surface area contributed by atoms with Crippen molar-refractivity contribution < 1.29 is 14.3 Å². The highest BCUT2D eigenvalue weighted by Crippen LogP contribution is 2.36. The van der Waals surface area contributed by atoms with Crippen LogP contribution in [0.25, 0.3) is 10.1 Å². The second-order valence-corrected chi connectivity index (χ2v) is 5.05. The van der Waals surface area contributed by atoms with E-state index < -0.39 is 11.6 Å². The predicted octanol–water partition coefficient (Wildman–Crippen LogP) is 3.80. The lowest BCUT2D eigenvalue weighted by Crippen LogP contribution is -2.07. The van der Waals surface area contributed by atoms with Crippen LogP contribution in [0.2, 0.25) is 0 Å². The van der Waals surface area contributed by atoms with Gasteiger partial charge < -0.3 is 5.11 Å². The van der Waals surface area contributed by atoms with Gasteiger partial charge in [0.15, 0.2) is 0 Å². The number of aromatic carboxylic acids is 1. The predicted molar refractivity (Wildman–Crippen MR) is 62.9 cm³/mol. The molecular formula is C12H11FO2S. The van der Waals surface area contributed by atoms with Gasteiger partial charge in [-0.2, -0.15) is 0 Å². The zero-order valence-corrected chi connectivity index (χ0v) is 9.77. The van der Waals surface area contributed by atoms with Crippen molar-refractivity contribution in [3.63, 3.8) is 0 Å². The Morgan fingerprint density at radius 3 is 2.69 bits per heavy atom. The molecule has 84 valence electrons. The van der Waals surface area contributed by atoms with Gasteiger partial charge in [0.05, 0.1) is 5.56 Å². The quantitative estimate of drug-likeness (QED) is 0.863. The summed E-state index contributed by atoms with van der Waals surface area (Å²) in [6.07, 6.45) is 0. The summed E-state index contributed by atoms with van der Waals surface area (Å²) in [6.45, 7) is 3.00. The second-order valence-electron chi connectivity index (χ2n) is 4.14. The molecule has 1 aromatic heterocycles. The molecule has 1 heterocycles. The van der Waals surface area contributed by atoms with Crippen LogP contribution in [0.4, 0.5) is 4.39 Å². The van der Waals surface area contributed by atoms with E-state index in [0.717, 1.165) is 10.1 Å². The van der Waals surface area contributed by atoms with Gasteiger partial charge in [0, 0.05) is 10.3 Å². The van der Waals surface area contributed by atoms with Crippen molar-refractivity contribution >= 4 is 27.4 Å².